The van der Waals surface area contributed by atoms with E-state index in [0.717, 1.165) is 50.7 Å². The van der Waals surface area contributed by atoms with Gasteiger partial charge in [0.2, 0.25) is 5.91 Å². The van der Waals surface area contributed by atoms with Crippen LogP contribution in [-0.4, -0.2) is 50.1 Å². The number of fused-ring (bicyclic) bond motifs is 1. The minimum Gasteiger partial charge on any atom is -0.497 e. The predicted octanol–water partition coefficient (Wildman–Crippen LogP) is 3.78. The van der Waals surface area contributed by atoms with Gasteiger partial charge >= 0.3 is 0 Å². The maximum Gasteiger partial charge on any atom is 0.224 e. The third-order valence-electron chi connectivity index (χ3n) is 5.65. The van der Waals surface area contributed by atoms with Crippen LogP contribution in [0.2, 0.25) is 0 Å². The van der Waals surface area contributed by atoms with Crippen LogP contribution in [0.5, 0.6) is 5.75 Å². The van der Waals surface area contributed by atoms with Gasteiger partial charge in [-0.1, -0.05) is 19.1 Å². The Morgan fingerprint density at radius 3 is 2.81 bits per heavy atom. The Morgan fingerprint density at radius 1 is 1.26 bits per heavy atom. The number of hydrogen-bond acceptors (Lipinski definition) is 4. The molecule has 1 aliphatic heterocycles. The van der Waals surface area contributed by atoms with E-state index in [1.807, 2.05) is 17.0 Å². The molecule has 6 nitrogen and oxygen atoms in total. The van der Waals surface area contributed by atoms with Crippen LogP contribution in [0, 0.1) is 0 Å². The molecule has 2 heterocycles. The summed E-state index contributed by atoms with van der Waals surface area (Å²) in [6.45, 7) is 7.94. The first kappa shape index (κ1) is 23.1. The fourth-order valence-corrected chi connectivity index (χ4v) is 4.61. The van der Waals surface area contributed by atoms with Crippen molar-refractivity contribution in [2.75, 3.05) is 33.3 Å². The first-order valence-electron chi connectivity index (χ1n) is 11.1. The lowest BCUT2D eigenvalue weighted by atomic mass is 9.98. The molecule has 7 heteroatoms. The number of hydrogen-bond donors (Lipinski definition) is 2. The van der Waals surface area contributed by atoms with Gasteiger partial charge in [0.05, 0.1) is 7.11 Å². The number of carbonyl (C=O) groups is 1. The Bertz CT molecular complexity index is 863. The van der Waals surface area contributed by atoms with E-state index in [1.165, 1.54) is 16.0 Å². The number of nitrogens with zero attached hydrogens (tertiary/aromatic N) is 2. The second-order valence-corrected chi connectivity index (χ2v) is 8.84. The molecule has 1 aliphatic rings. The van der Waals surface area contributed by atoms with Gasteiger partial charge in [0, 0.05) is 44.0 Å². The lowest BCUT2D eigenvalue weighted by molar-refractivity contribution is -0.131. The Morgan fingerprint density at radius 2 is 2.06 bits per heavy atom. The van der Waals surface area contributed by atoms with Gasteiger partial charge < -0.3 is 20.3 Å². The number of ether oxygens (including phenoxy) is 1. The van der Waals surface area contributed by atoms with Gasteiger partial charge in [-0.3, -0.25) is 9.79 Å². The molecule has 1 amide bonds. The van der Waals surface area contributed by atoms with Crippen molar-refractivity contribution in [3.8, 4) is 5.75 Å². The van der Waals surface area contributed by atoms with Gasteiger partial charge in [-0.25, -0.2) is 0 Å². The molecule has 3 rings (SSSR count). The van der Waals surface area contributed by atoms with Crippen LogP contribution in [0.25, 0.3) is 0 Å². The zero-order valence-corrected chi connectivity index (χ0v) is 19.6. The Labute approximate surface area is 189 Å². The largest absolute Gasteiger partial charge is 0.497 e. The number of benzene rings is 1. The van der Waals surface area contributed by atoms with Crippen molar-refractivity contribution in [1.82, 2.24) is 15.5 Å². The van der Waals surface area contributed by atoms with Gasteiger partial charge in [-0.2, -0.15) is 0 Å². The summed E-state index contributed by atoms with van der Waals surface area (Å²) >= 11 is 1.80. The lowest BCUT2D eigenvalue weighted by Gasteiger charge is -2.27. The van der Waals surface area contributed by atoms with Crippen LogP contribution < -0.4 is 15.4 Å². The molecule has 1 aromatic heterocycles. The van der Waals surface area contributed by atoms with E-state index >= 15 is 0 Å². The molecule has 0 spiro atoms. The molecule has 0 bridgehead atoms. The van der Waals surface area contributed by atoms with E-state index in [4.69, 9.17) is 9.73 Å². The number of rotatable bonds is 9. The highest BCUT2D eigenvalue weighted by Gasteiger charge is 2.21. The first-order valence-corrected chi connectivity index (χ1v) is 12.0. The van der Waals surface area contributed by atoms with E-state index in [9.17, 15) is 4.79 Å². The van der Waals surface area contributed by atoms with Crippen molar-refractivity contribution in [2.45, 2.75) is 45.6 Å². The second-order valence-electron chi connectivity index (χ2n) is 7.83. The van der Waals surface area contributed by atoms with E-state index in [2.05, 4.69) is 48.1 Å². The van der Waals surface area contributed by atoms with Gasteiger partial charge in [0.25, 0.3) is 0 Å². The standard InChI is InChI=1S/C24H34N4O2S/c1-4-25-24(26-13-9-18(2)19-5-7-21(30-3)8-6-19)27-14-10-23(29)28-15-11-22-20(17-28)12-16-31-22/h5-8,12,16,18H,4,9-11,13-15,17H2,1-3H3,(H2,25,26,27). The summed E-state index contributed by atoms with van der Waals surface area (Å²) in [4.78, 5) is 20.7. The van der Waals surface area contributed by atoms with Crippen LogP contribution >= 0.6 is 11.3 Å². The zero-order chi connectivity index (χ0) is 22.1. The Balaban J connectivity index is 1.42. The molecule has 1 aromatic carbocycles. The fourth-order valence-electron chi connectivity index (χ4n) is 3.72. The van der Waals surface area contributed by atoms with E-state index in [-0.39, 0.29) is 5.91 Å². The fraction of sp³-hybridized carbons (Fsp3) is 0.500. The van der Waals surface area contributed by atoms with Crippen LogP contribution in [0.15, 0.2) is 40.7 Å². The van der Waals surface area contributed by atoms with Gasteiger partial charge in [0.15, 0.2) is 5.96 Å². The number of carbonyl (C=O) groups excluding carboxylic acids is 1. The number of amides is 1. The normalized spacial score (nSPS) is 14.7. The molecule has 1 atom stereocenters. The van der Waals surface area contributed by atoms with Crippen LogP contribution in [-0.2, 0) is 17.8 Å². The SMILES string of the molecule is CCNC(=NCCC(C)c1ccc(OC)cc1)NCCC(=O)N1CCc2sccc2C1. The van der Waals surface area contributed by atoms with Crippen LogP contribution in [0.3, 0.4) is 0 Å². The summed E-state index contributed by atoms with van der Waals surface area (Å²) in [5.41, 5.74) is 2.59. The number of thiophene rings is 1. The van der Waals surface area contributed by atoms with Crippen molar-refractivity contribution in [3.05, 3.63) is 51.7 Å². The minimum absolute atomic E-state index is 0.202. The highest BCUT2D eigenvalue weighted by molar-refractivity contribution is 7.10. The molecule has 0 aliphatic carbocycles. The summed E-state index contributed by atoms with van der Waals surface area (Å²) < 4.78 is 5.23. The number of guanidine groups is 1. The zero-order valence-electron chi connectivity index (χ0n) is 18.8. The lowest BCUT2D eigenvalue weighted by Crippen LogP contribution is -2.41. The molecule has 0 fully saturated rings. The van der Waals surface area contributed by atoms with Gasteiger partial charge in [-0.05, 0) is 60.4 Å². The highest BCUT2D eigenvalue weighted by Crippen LogP contribution is 2.24. The average molecular weight is 443 g/mol. The van der Waals surface area contributed by atoms with E-state index in [1.54, 1.807) is 18.4 Å². The first-order chi connectivity index (χ1) is 15.1. The van der Waals surface area contributed by atoms with Crippen molar-refractivity contribution >= 4 is 23.2 Å². The summed E-state index contributed by atoms with van der Waals surface area (Å²) in [7, 11) is 1.68. The number of aliphatic imine (C=N–C) groups is 1. The maximum absolute atomic E-state index is 12.6. The third kappa shape index (κ3) is 6.72. The average Bonchev–Trinajstić information content (AvgIpc) is 3.27. The molecule has 1 unspecified atom stereocenters. The highest BCUT2D eigenvalue weighted by atomic mass is 32.1. The molecule has 2 N–H and O–H groups in total. The molecular formula is C24H34N4O2S. The monoisotopic (exact) mass is 442 g/mol. The smallest absolute Gasteiger partial charge is 0.224 e. The summed E-state index contributed by atoms with van der Waals surface area (Å²) in [5, 5.41) is 8.70. The van der Waals surface area contributed by atoms with Crippen molar-refractivity contribution in [2.24, 2.45) is 4.99 Å². The predicted molar refractivity (Wildman–Crippen MR) is 128 cm³/mol. The summed E-state index contributed by atoms with van der Waals surface area (Å²) in [6, 6.07) is 10.4. The van der Waals surface area contributed by atoms with Crippen molar-refractivity contribution in [1.29, 1.82) is 0 Å². The molecule has 0 saturated carbocycles. The minimum atomic E-state index is 0.202. The van der Waals surface area contributed by atoms with E-state index in [0.29, 0.717) is 18.9 Å². The molecule has 0 saturated heterocycles. The van der Waals surface area contributed by atoms with Crippen LogP contribution in [0.4, 0.5) is 0 Å². The van der Waals surface area contributed by atoms with Gasteiger partial charge in [-0.15, -0.1) is 11.3 Å². The van der Waals surface area contributed by atoms with E-state index < -0.39 is 0 Å². The quantitative estimate of drug-likeness (QED) is 0.458. The summed E-state index contributed by atoms with van der Waals surface area (Å²) in [5.74, 6) is 2.27. The summed E-state index contributed by atoms with van der Waals surface area (Å²) in [6.07, 6.45) is 2.41. The third-order valence-corrected chi connectivity index (χ3v) is 6.68. The van der Waals surface area contributed by atoms with Crippen LogP contribution in [0.1, 0.15) is 48.6 Å². The Hall–Kier alpha value is -2.54. The molecule has 168 valence electrons. The van der Waals surface area contributed by atoms with Crippen molar-refractivity contribution < 1.29 is 9.53 Å². The second kappa shape index (κ2) is 11.7. The number of methoxy groups -OCH3 is 1. The van der Waals surface area contributed by atoms with Crippen molar-refractivity contribution in [3.63, 3.8) is 0 Å². The number of nitrogens with one attached hydrogen (secondary N) is 2. The molecular weight excluding hydrogens is 408 g/mol. The molecule has 2 aromatic rings. The van der Waals surface area contributed by atoms with Gasteiger partial charge in [0.1, 0.15) is 5.75 Å². The molecule has 0 radical (unpaired) electrons. The topological polar surface area (TPSA) is 66.0 Å². The Kier molecular flexibility index (Phi) is 8.76. The maximum atomic E-state index is 12.6. The molecule has 31 heavy (non-hydrogen) atoms.